The van der Waals surface area contributed by atoms with Gasteiger partial charge in [0.05, 0.1) is 23.7 Å². The van der Waals surface area contributed by atoms with E-state index in [2.05, 4.69) is 5.32 Å². The van der Waals surface area contributed by atoms with Crippen LogP contribution in [-0.4, -0.2) is 18.4 Å². The van der Waals surface area contributed by atoms with Gasteiger partial charge >= 0.3 is 5.97 Å². The Morgan fingerprint density at radius 2 is 2.19 bits per heavy atom. The number of anilines is 2. The highest BCUT2D eigenvalue weighted by Crippen LogP contribution is 2.37. The number of nitrogens with one attached hydrogen (secondary N) is 1. The minimum atomic E-state index is -0.507. The molecule has 0 aliphatic carbocycles. The lowest BCUT2D eigenvalue weighted by molar-refractivity contribution is 0.0529. The van der Waals surface area contributed by atoms with Crippen molar-refractivity contribution in [1.82, 2.24) is 0 Å². The Morgan fingerprint density at radius 3 is 2.76 bits per heavy atom. The van der Waals surface area contributed by atoms with E-state index < -0.39 is 5.97 Å². The average Bonchev–Trinajstić information content (AvgIpc) is 3.04. The predicted octanol–water partition coefficient (Wildman–Crippen LogP) is 3.38. The minimum absolute atomic E-state index is 0.160. The molecule has 112 valence electrons. The molecule has 0 saturated heterocycles. The number of esters is 1. The van der Waals surface area contributed by atoms with Crippen LogP contribution in [0.2, 0.25) is 0 Å². The van der Waals surface area contributed by atoms with Gasteiger partial charge in [0.2, 0.25) is 0 Å². The number of Topliss-reactive ketones (excluding diaryl/α,β-unsaturated/α-hetero) is 1. The summed E-state index contributed by atoms with van der Waals surface area (Å²) in [6.07, 6.45) is 0. The topological polar surface area (TPSA) is 81.4 Å². The van der Waals surface area contributed by atoms with E-state index in [-0.39, 0.29) is 23.6 Å². The molecule has 0 unspecified atom stereocenters. The molecule has 2 aromatic rings. The van der Waals surface area contributed by atoms with Gasteiger partial charge in [-0.1, -0.05) is 6.07 Å². The van der Waals surface area contributed by atoms with Gasteiger partial charge in [-0.15, -0.1) is 22.7 Å². The number of ketones is 1. The van der Waals surface area contributed by atoms with Crippen LogP contribution in [-0.2, 0) is 11.3 Å². The number of nitrogen functional groups attached to an aromatic ring is 1. The Balaban J connectivity index is 2.31. The van der Waals surface area contributed by atoms with E-state index in [1.54, 1.807) is 18.3 Å². The van der Waals surface area contributed by atoms with E-state index in [9.17, 15) is 9.59 Å². The van der Waals surface area contributed by atoms with Gasteiger partial charge in [-0.2, -0.15) is 0 Å². The molecular formula is C14H16N2O3S2. The Kier molecular flexibility index (Phi) is 4.98. The summed E-state index contributed by atoms with van der Waals surface area (Å²) >= 11 is 2.80. The number of ether oxygens (including phenoxy) is 1. The predicted molar refractivity (Wildman–Crippen MR) is 86.3 cm³/mol. The van der Waals surface area contributed by atoms with Gasteiger partial charge in [-0.3, -0.25) is 4.79 Å². The van der Waals surface area contributed by atoms with E-state index in [0.717, 1.165) is 4.88 Å². The molecule has 5 nitrogen and oxygen atoms in total. The van der Waals surface area contributed by atoms with E-state index in [4.69, 9.17) is 10.5 Å². The molecule has 0 radical (unpaired) electrons. The molecule has 0 fully saturated rings. The van der Waals surface area contributed by atoms with Crippen LogP contribution in [0.3, 0.4) is 0 Å². The number of nitrogens with two attached hydrogens (primary N) is 1. The number of carbonyl (C=O) groups excluding carboxylic acids is 2. The van der Waals surface area contributed by atoms with Crippen LogP contribution < -0.4 is 11.1 Å². The van der Waals surface area contributed by atoms with Gasteiger partial charge < -0.3 is 15.8 Å². The number of thiophene rings is 2. The fraction of sp³-hybridized carbons (Fsp3) is 0.286. The molecule has 0 bridgehead atoms. The average molecular weight is 324 g/mol. The summed E-state index contributed by atoms with van der Waals surface area (Å²) in [7, 11) is 0. The van der Waals surface area contributed by atoms with Crippen molar-refractivity contribution in [3.63, 3.8) is 0 Å². The summed E-state index contributed by atoms with van der Waals surface area (Å²) in [6, 6.07) is 3.95. The van der Waals surface area contributed by atoms with Crippen LogP contribution in [0.5, 0.6) is 0 Å². The van der Waals surface area contributed by atoms with Gasteiger partial charge in [-0.25, -0.2) is 4.79 Å². The highest BCUT2D eigenvalue weighted by atomic mass is 32.1. The van der Waals surface area contributed by atoms with E-state index in [1.807, 2.05) is 17.5 Å². The third-order valence-corrected chi connectivity index (χ3v) is 4.89. The van der Waals surface area contributed by atoms with Crippen LogP contribution in [0, 0.1) is 0 Å². The molecule has 0 aliphatic heterocycles. The first-order valence-electron chi connectivity index (χ1n) is 6.41. The second kappa shape index (κ2) is 6.73. The summed E-state index contributed by atoms with van der Waals surface area (Å²) in [5.41, 5.74) is 6.38. The molecular weight excluding hydrogens is 308 g/mol. The van der Waals surface area contributed by atoms with Crippen LogP contribution >= 0.6 is 22.7 Å². The molecule has 0 saturated carbocycles. The normalized spacial score (nSPS) is 10.4. The molecule has 7 heteroatoms. The van der Waals surface area contributed by atoms with Crippen molar-refractivity contribution in [2.75, 3.05) is 17.7 Å². The zero-order valence-corrected chi connectivity index (χ0v) is 13.4. The lowest BCUT2D eigenvalue weighted by Gasteiger charge is -2.06. The van der Waals surface area contributed by atoms with Gasteiger partial charge in [0.15, 0.2) is 5.78 Å². The zero-order chi connectivity index (χ0) is 15.4. The molecule has 2 rings (SSSR count). The van der Waals surface area contributed by atoms with Gasteiger partial charge in [0.1, 0.15) is 10.6 Å². The molecule has 0 aromatic carbocycles. The van der Waals surface area contributed by atoms with E-state index in [0.29, 0.717) is 16.4 Å². The standard InChI is InChI=1S/C14H16N2O3S2/c1-3-19-14(18)10-11(15)12(8(2)17)21-13(10)16-7-9-5-4-6-20-9/h4-6,16H,3,7,15H2,1-2H3. The highest BCUT2D eigenvalue weighted by Gasteiger charge is 2.24. The summed E-state index contributed by atoms with van der Waals surface area (Å²) in [5.74, 6) is -0.667. The maximum absolute atomic E-state index is 12.0. The first kappa shape index (κ1) is 15.5. The minimum Gasteiger partial charge on any atom is -0.462 e. The third kappa shape index (κ3) is 3.43. The molecule has 0 atom stereocenters. The van der Waals surface area contributed by atoms with Crippen molar-refractivity contribution in [3.8, 4) is 0 Å². The molecule has 3 N–H and O–H groups in total. The zero-order valence-electron chi connectivity index (χ0n) is 11.8. The van der Waals surface area contributed by atoms with Crippen molar-refractivity contribution < 1.29 is 14.3 Å². The first-order chi connectivity index (χ1) is 10.0. The second-order valence-corrected chi connectivity index (χ2v) is 6.31. The van der Waals surface area contributed by atoms with E-state index in [1.165, 1.54) is 18.3 Å². The fourth-order valence-electron chi connectivity index (χ4n) is 1.82. The van der Waals surface area contributed by atoms with E-state index >= 15 is 0 Å². The number of carbonyl (C=O) groups is 2. The lowest BCUT2D eigenvalue weighted by Crippen LogP contribution is -2.10. The van der Waals surface area contributed by atoms with Crippen molar-refractivity contribution in [3.05, 3.63) is 32.8 Å². The van der Waals surface area contributed by atoms with Crippen LogP contribution in [0.25, 0.3) is 0 Å². The van der Waals surface area contributed by atoms with Crippen LogP contribution in [0.1, 0.15) is 38.8 Å². The molecule has 0 aliphatic rings. The summed E-state index contributed by atoms with van der Waals surface area (Å²) < 4.78 is 5.02. The van der Waals surface area contributed by atoms with Crippen molar-refractivity contribution in [1.29, 1.82) is 0 Å². The van der Waals surface area contributed by atoms with Crippen LogP contribution in [0.4, 0.5) is 10.7 Å². The first-order valence-corrected chi connectivity index (χ1v) is 8.10. The smallest absolute Gasteiger partial charge is 0.343 e. The monoisotopic (exact) mass is 324 g/mol. The van der Waals surface area contributed by atoms with Gasteiger partial charge in [-0.05, 0) is 18.4 Å². The Hall–Kier alpha value is -1.86. The third-order valence-electron chi connectivity index (χ3n) is 2.75. The Labute approximate surface area is 130 Å². The van der Waals surface area contributed by atoms with Crippen molar-refractivity contribution >= 4 is 45.1 Å². The number of hydrogen-bond acceptors (Lipinski definition) is 7. The second-order valence-electron chi connectivity index (χ2n) is 4.26. The summed E-state index contributed by atoms with van der Waals surface area (Å²) in [6.45, 7) is 3.99. The quantitative estimate of drug-likeness (QED) is 0.629. The summed E-state index contributed by atoms with van der Waals surface area (Å²) in [4.78, 5) is 25.1. The molecule has 21 heavy (non-hydrogen) atoms. The molecule has 2 aromatic heterocycles. The molecule has 2 heterocycles. The molecule has 0 amide bonds. The Bertz CT molecular complexity index is 647. The van der Waals surface area contributed by atoms with Gasteiger partial charge in [0, 0.05) is 11.8 Å². The number of rotatable bonds is 6. The number of hydrogen-bond donors (Lipinski definition) is 2. The van der Waals surface area contributed by atoms with Crippen molar-refractivity contribution in [2.24, 2.45) is 0 Å². The maximum atomic E-state index is 12.0. The molecule has 0 spiro atoms. The highest BCUT2D eigenvalue weighted by molar-refractivity contribution is 7.19. The van der Waals surface area contributed by atoms with Gasteiger partial charge in [0.25, 0.3) is 0 Å². The SMILES string of the molecule is CCOC(=O)c1c(NCc2cccs2)sc(C(C)=O)c1N. The van der Waals surface area contributed by atoms with Crippen LogP contribution in [0.15, 0.2) is 17.5 Å². The maximum Gasteiger partial charge on any atom is 0.343 e. The fourth-order valence-corrected chi connectivity index (χ4v) is 3.46. The lowest BCUT2D eigenvalue weighted by atomic mass is 10.2. The largest absolute Gasteiger partial charge is 0.462 e. The Morgan fingerprint density at radius 1 is 1.43 bits per heavy atom. The van der Waals surface area contributed by atoms with Crippen molar-refractivity contribution in [2.45, 2.75) is 20.4 Å². The summed E-state index contributed by atoms with van der Waals surface area (Å²) in [5, 5.41) is 5.72.